The minimum atomic E-state index is -0.178. The van der Waals surface area contributed by atoms with E-state index in [9.17, 15) is 9.90 Å². The van der Waals surface area contributed by atoms with E-state index in [1.54, 1.807) is 24.3 Å². The maximum Gasteiger partial charge on any atom is 0.280 e. The van der Waals surface area contributed by atoms with Crippen LogP contribution in [0.5, 0.6) is 5.75 Å². The van der Waals surface area contributed by atoms with Crippen molar-refractivity contribution in [2.45, 2.75) is 6.92 Å². The molecule has 110 valence electrons. The summed E-state index contributed by atoms with van der Waals surface area (Å²) in [5, 5.41) is 12.7. The zero-order valence-electron chi connectivity index (χ0n) is 12.0. The third-order valence-corrected chi connectivity index (χ3v) is 3.35. The summed E-state index contributed by atoms with van der Waals surface area (Å²) in [4.78, 5) is 16.7. The normalized spacial score (nSPS) is 11.1. The number of benzene rings is 2. The van der Waals surface area contributed by atoms with E-state index in [1.807, 2.05) is 37.3 Å². The molecule has 0 amide bonds. The molecule has 0 aliphatic carbocycles. The number of H-pyrrole nitrogens is 1. The van der Waals surface area contributed by atoms with Gasteiger partial charge >= 0.3 is 0 Å². The fourth-order valence-corrected chi connectivity index (χ4v) is 2.18. The number of nitrogens with one attached hydrogen (secondary N) is 1. The summed E-state index contributed by atoms with van der Waals surface area (Å²) in [5.74, 6) is 0.0790. The Bertz CT molecular complexity index is 876. The maximum absolute atomic E-state index is 12.5. The van der Waals surface area contributed by atoms with Crippen molar-refractivity contribution in [2.75, 3.05) is 0 Å². The van der Waals surface area contributed by atoms with Crippen molar-refractivity contribution in [3.05, 3.63) is 76.2 Å². The number of rotatable bonds is 3. The van der Waals surface area contributed by atoms with E-state index >= 15 is 0 Å². The van der Waals surface area contributed by atoms with E-state index in [2.05, 4.69) is 10.1 Å². The van der Waals surface area contributed by atoms with Crippen molar-refractivity contribution < 1.29 is 5.11 Å². The van der Waals surface area contributed by atoms with Crippen molar-refractivity contribution in [1.82, 2.24) is 9.78 Å². The van der Waals surface area contributed by atoms with Crippen LogP contribution in [0.25, 0.3) is 5.69 Å². The molecule has 0 atom stereocenters. The lowest BCUT2D eigenvalue weighted by molar-refractivity contribution is 0.477. The van der Waals surface area contributed by atoms with Gasteiger partial charge in [-0.3, -0.25) is 14.9 Å². The molecule has 0 aliphatic heterocycles. The molecule has 1 heterocycles. The molecule has 0 saturated heterocycles. The Hall–Kier alpha value is -3.08. The van der Waals surface area contributed by atoms with Gasteiger partial charge in [0, 0.05) is 11.9 Å². The van der Waals surface area contributed by atoms with E-state index in [0.29, 0.717) is 16.9 Å². The second kappa shape index (κ2) is 5.73. The SMILES string of the molecule is Cc1[nH]n(-c2ccccc2)c(=O)c1C=Nc1ccccc1O. The van der Waals surface area contributed by atoms with Gasteiger partial charge in [0.25, 0.3) is 5.56 Å². The first-order chi connectivity index (χ1) is 10.7. The van der Waals surface area contributed by atoms with Gasteiger partial charge in [-0.25, -0.2) is 4.68 Å². The monoisotopic (exact) mass is 293 g/mol. The van der Waals surface area contributed by atoms with Gasteiger partial charge in [-0.05, 0) is 31.2 Å². The topological polar surface area (TPSA) is 70.4 Å². The highest BCUT2D eigenvalue weighted by molar-refractivity contribution is 5.83. The van der Waals surface area contributed by atoms with Gasteiger partial charge in [-0.15, -0.1) is 0 Å². The molecule has 0 radical (unpaired) electrons. The Morgan fingerprint density at radius 1 is 1.09 bits per heavy atom. The van der Waals surface area contributed by atoms with Crippen LogP contribution in [0.2, 0.25) is 0 Å². The minimum Gasteiger partial charge on any atom is -0.506 e. The maximum atomic E-state index is 12.5. The van der Waals surface area contributed by atoms with Gasteiger partial charge in [0.15, 0.2) is 0 Å². The molecule has 2 N–H and O–H groups in total. The van der Waals surface area contributed by atoms with Crippen LogP contribution in [0.3, 0.4) is 0 Å². The summed E-state index contributed by atoms with van der Waals surface area (Å²) in [6.07, 6.45) is 1.47. The molecule has 3 aromatic rings. The third kappa shape index (κ3) is 2.56. The third-order valence-electron chi connectivity index (χ3n) is 3.35. The summed E-state index contributed by atoms with van der Waals surface area (Å²) in [7, 11) is 0. The molecule has 0 bridgehead atoms. The number of phenolic OH excluding ortho intramolecular Hbond substituents is 1. The second-order valence-electron chi connectivity index (χ2n) is 4.87. The highest BCUT2D eigenvalue weighted by Crippen LogP contribution is 2.24. The standard InChI is InChI=1S/C17H15N3O2/c1-12-14(11-18-15-9-5-6-10-16(15)21)17(22)20(19-12)13-7-3-2-4-8-13/h2-11,19,21H,1H3. The molecule has 0 unspecified atom stereocenters. The van der Waals surface area contributed by atoms with Crippen molar-refractivity contribution >= 4 is 11.9 Å². The molecule has 2 aromatic carbocycles. The van der Waals surface area contributed by atoms with Crippen LogP contribution < -0.4 is 5.56 Å². The van der Waals surface area contributed by atoms with E-state index in [0.717, 1.165) is 5.69 Å². The van der Waals surface area contributed by atoms with Gasteiger partial charge in [0.05, 0.1) is 11.3 Å². The highest BCUT2D eigenvalue weighted by Gasteiger charge is 2.10. The predicted octanol–water partition coefficient (Wildman–Crippen LogP) is 2.93. The van der Waals surface area contributed by atoms with Crippen LogP contribution in [0, 0.1) is 6.92 Å². The van der Waals surface area contributed by atoms with Gasteiger partial charge in [0.1, 0.15) is 11.4 Å². The molecular weight excluding hydrogens is 278 g/mol. The number of aliphatic imine (C=N–C) groups is 1. The number of aryl methyl sites for hydroxylation is 1. The lowest BCUT2D eigenvalue weighted by Gasteiger charge is -1.99. The smallest absolute Gasteiger partial charge is 0.280 e. The average molecular weight is 293 g/mol. The molecule has 22 heavy (non-hydrogen) atoms. The van der Waals surface area contributed by atoms with E-state index in [4.69, 9.17) is 0 Å². The van der Waals surface area contributed by atoms with Crippen molar-refractivity contribution in [2.24, 2.45) is 4.99 Å². The lowest BCUT2D eigenvalue weighted by Crippen LogP contribution is -2.17. The highest BCUT2D eigenvalue weighted by atomic mass is 16.3. The Kier molecular flexibility index (Phi) is 3.62. The molecule has 5 nitrogen and oxygen atoms in total. The number of nitrogens with zero attached hydrogens (tertiary/aromatic N) is 2. The zero-order chi connectivity index (χ0) is 15.5. The Morgan fingerprint density at radius 2 is 1.77 bits per heavy atom. The zero-order valence-corrected chi connectivity index (χ0v) is 12.0. The molecule has 0 aliphatic rings. The molecular formula is C17H15N3O2. The van der Waals surface area contributed by atoms with Gasteiger partial charge < -0.3 is 5.11 Å². The first-order valence-corrected chi connectivity index (χ1v) is 6.86. The van der Waals surface area contributed by atoms with Crippen LogP contribution in [-0.4, -0.2) is 21.1 Å². The fraction of sp³-hybridized carbons (Fsp3) is 0.0588. The van der Waals surface area contributed by atoms with Crippen LogP contribution in [0.15, 0.2) is 64.4 Å². The molecule has 0 fully saturated rings. The van der Waals surface area contributed by atoms with Crippen LogP contribution >= 0.6 is 0 Å². The number of phenols is 1. The lowest BCUT2D eigenvalue weighted by atomic mass is 10.2. The summed E-state index contributed by atoms with van der Waals surface area (Å²) >= 11 is 0. The minimum absolute atomic E-state index is 0.0790. The fourth-order valence-electron chi connectivity index (χ4n) is 2.18. The number of aromatic nitrogens is 2. The van der Waals surface area contributed by atoms with Crippen LogP contribution in [-0.2, 0) is 0 Å². The Morgan fingerprint density at radius 3 is 2.50 bits per heavy atom. The second-order valence-corrected chi connectivity index (χ2v) is 4.87. The van der Waals surface area contributed by atoms with Crippen molar-refractivity contribution in [1.29, 1.82) is 0 Å². The van der Waals surface area contributed by atoms with Gasteiger partial charge in [0.2, 0.25) is 0 Å². The molecule has 0 spiro atoms. The first-order valence-electron chi connectivity index (χ1n) is 6.86. The summed E-state index contributed by atoms with van der Waals surface area (Å²) in [5.41, 5.74) is 2.19. The van der Waals surface area contributed by atoms with Crippen molar-refractivity contribution in [3.63, 3.8) is 0 Å². The first kappa shape index (κ1) is 13.9. The average Bonchev–Trinajstić information content (AvgIpc) is 2.82. The predicted molar refractivity (Wildman–Crippen MR) is 86.5 cm³/mol. The Labute approximate surface area is 127 Å². The number of hydrogen-bond donors (Lipinski definition) is 2. The molecule has 5 heteroatoms. The molecule has 0 saturated carbocycles. The number of para-hydroxylation sites is 3. The number of aromatic amines is 1. The van der Waals surface area contributed by atoms with E-state index in [1.165, 1.54) is 10.9 Å². The summed E-state index contributed by atoms with van der Waals surface area (Å²) in [6, 6.07) is 16.1. The molecule has 1 aromatic heterocycles. The summed E-state index contributed by atoms with van der Waals surface area (Å²) in [6.45, 7) is 1.81. The number of hydrogen-bond acceptors (Lipinski definition) is 3. The number of aromatic hydroxyl groups is 1. The largest absolute Gasteiger partial charge is 0.506 e. The van der Waals surface area contributed by atoms with E-state index in [-0.39, 0.29) is 11.3 Å². The van der Waals surface area contributed by atoms with Crippen molar-refractivity contribution in [3.8, 4) is 11.4 Å². The van der Waals surface area contributed by atoms with Crippen LogP contribution in [0.1, 0.15) is 11.3 Å². The Balaban J connectivity index is 2.01. The van der Waals surface area contributed by atoms with Crippen LogP contribution in [0.4, 0.5) is 5.69 Å². The van der Waals surface area contributed by atoms with E-state index < -0.39 is 0 Å². The van der Waals surface area contributed by atoms with Gasteiger partial charge in [-0.2, -0.15) is 0 Å². The van der Waals surface area contributed by atoms with Gasteiger partial charge in [-0.1, -0.05) is 30.3 Å². The quantitative estimate of drug-likeness (QED) is 0.729. The molecule has 3 rings (SSSR count). The summed E-state index contributed by atoms with van der Waals surface area (Å²) < 4.78 is 1.47.